The third-order valence-corrected chi connectivity index (χ3v) is 4.48. The Balaban J connectivity index is 2.26. The molecule has 0 heterocycles. The van der Waals surface area contributed by atoms with Crippen LogP contribution >= 0.6 is 15.9 Å². The van der Waals surface area contributed by atoms with Gasteiger partial charge in [0.2, 0.25) is 0 Å². The van der Waals surface area contributed by atoms with E-state index in [0.29, 0.717) is 12.5 Å². The molecule has 2 aromatic rings. The minimum atomic E-state index is 0.338. The fourth-order valence-electron chi connectivity index (χ4n) is 2.64. The molecule has 0 radical (unpaired) electrons. The van der Waals surface area contributed by atoms with E-state index in [1.165, 1.54) is 22.3 Å². The monoisotopic (exact) mass is 347 g/mol. The first-order valence-corrected chi connectivity index (χ1v) is 7.94. The number of hydrogen-bond donors (Lipinski definition) is 1. The Morgan fingerprint density at radius 3 is 2.52 bits per heavy atom. The highest BCUT2D eigenvalue weighted by atomic mass is 79.9. The van der Waals surface area contributed by atoms with Crippen molar-refractivity contribution in [1.82, 2.24) is 0 Å². The van der Waals surface area contributed by atoms with E-state index in [4.69, 9.17) is 10.5 Å². The van der Waals surface area contributed by atoms with Crippen LogP contribution in [0.5, 0.6) is 5.75 Å². The summed E-state index contributed by atoms with van der Waals surface area (Å²) in [5.41, 5.74) is 11.2. The molecule has 3 heteroatoms. The molecule has 21 heavy (non-hydrogen) atoms. The molecule has 2 rings (SSSR count). The lowest BCUT2D eigenvalue weighted by Gasteiger charge is -2.19. The van der Waals surface area contributed by atoms with E-state index in [0.717, 1.165) is 16.6 Å². The number of hydrogen-bond acceptors (Lipinski definition) is 2. The lowest BCUT2D eigenvalue weighted by atomic mass is 9.88. The predicted molar refractivity (Wildman–Crippen MR) is 92.1 cm³/mol. The molecule has 0 aliphatic rings. The van der Waals surface area contributed by atoms with E-state index in [2.05, 4.69) is 60.1 Å². The Kier molecular flexibility index (Phi) is 5.43. The van der Waals surface area contributed by atoms with Crippen LogP contribution in [-0.2, 0) is 6.42 Å². The average Bonchev–Trinajstić information content (AvgIpc) is 2.47. The minimum absolute atomic E-state index is 0.338. The molecule has 1 unspecified atom stereocenters. The molecule has 0 aliphatic heterocycles. The van der Waals surface area contributed by atoms with Crippen LogP contribution in [0.2, 0.25) is 0 Å². The number of nitrogens with two attached hydrogens (primary N) is 1. The molecule has 2 nitrogen and oxygen atoms in total. The lowest BCUT2D eigenvalue weighted by Crippen LogP contribution is -2.16. The van der Waals surface area contributed by atoms with Gasteiger partial charge in [-0.05, 0) is 71.6 Å². The van der Waals surface area contributed by atoms with Crippen LogP contribution in [0.15, 0.2) is 40.9 Å². The van der Waals surface area contributed by atoms with Crippen molar-refractivity contribution in [3.63, 3.8) is 0 Å². The van der Waals surface area contributed by atoms with Gasteiger partial charge in [-0.2, -0.15) is 0 Å². The number of ether oxygens (including phenoxy) is 1. The normalized spacial score (nSPS) is 12.2. The van der Waals surface area contributed by atoms with Crippen molar-refractivity contribution >= 4 is 15.9 Å². The highest BCUT2D eigenvalue weighted by Gasteiger charge is 2.14. The van der Waals surface area contributed by atoms with E-state index in [-0.39, 0.29) is 0 Å². The van der Waals surface area contributed by atoms with Gasteiger partial charge in [0, 0.05) is 5.92 Å². The van der Waals surface area contributed by atoms with Gasteiger partial charge in [-0.3, -0.25) is 0 Å². The van der Waals surface area contributed by atoms with Gasteiger partial charge < -0.3 is 10.5 Å². The average molecular weight is 348 g/mol. The van der Waals surface area contributed by atoms with Gasteiger partial charge in [-0.25, -0.2) is 0 Å². The van der Waals surface area contributed by atoms with Gasteiger partial charge in [0.15, 0.2) is 0 Å². The quantitative estimate of drug-likeness (QED) is 0.871. The molecular formula is C18H22BrNO. The summed E-state index contributed by atoms with van der Waals surface area (Å²) in [6.07, 6.45) is 0.934. The van der Waals surface area contributed by atoms with E-state index in [1.807, 2.05) is 6.07 Å². The molecular weight excluding hydrogens is 326 g/mol. The number of aryl methyl sites for hydroxylation is 2. The minimum Gasteiger partial charge on any atom is -0.496 e. The SMILES string of the molecule is COc1ccc(CC(CN)c2cc(C)ccc2C)cc1Br. The van der Waals surface area contributed by atoms with Gasteiger partial charge in [0.1, 0.15) is 5.75 Å². The molecule has 0 saturated carbocycles. The summed E-state index contributed by atoms with van der Waals surface area (Å²) in [6.45, 7) is 4.93. The van der Waals surface area contributed by atoms with Crippen molar-refractivity contribution < 1.29 is 4.74 Å². The van der Waals surface area contributed by atoms with Crippen molar-refractivity contribution in [1.29, 1.82) is 0 Å². The largest absolute Gasteiger partial charge is 0.496 e. The molecule has 2 N–H and O–H groups in total. The van der Waals surface area contributed by atoms with Crippen LogP contribution in [0.25, 0.3) is 0 Å². The van der Waals surface area contributed by atoms with Crippen LogP contribution in [0.3, 0.4) is 0 Å². The maximum absolute atomic E-state index is 6.03. The highest BCUT2D eigenvalue weighted by Crippen LogP contribution is 2.29. The molecule has 0 amide bonds. The molecule has 112 valence electrons. The molecule has 1 atom stereocenters. The number of rotatable bonds is 5. The summed E-state index contributed by atoms with van der Waals surface area (Å²) in [7, 11) is 1.68. The summed E-state index contributed by atoms with van der Waals surface area (Å²) in [6, 6.07) is 12.8. The zero-order chi connectivity index (χ0) is 15.4. The van der Waals surface area contributed by atoms with E-state index in [1.54, 1.807) is 7.11 Å². The summed E-state index contributed by atoms with van der Waals surface area (Å²) in [5.74, 6) is 1.19. The van der Waals surface area contributed by atoms with Crippen molar-refractivity contribution in [2.75, 3.05) is 13.7 Å². The van der Waals surface area contributed by atoms with Crippen molar-refractivity contribution in [2.24, 2.45) is 5.73 Å². The Morgan fingerprint density at radius 1 is 1.14 bits per heavy atom. The molecule has 2 aromatic carbocycles. The molecule has 0 aliphatic carbocycles. The topological polar surface area (TPSA) is 35.2 Å². The smallest absolute Gasteiger partial charge is 0.133 e. The Morgan fingerprint density at radius 2 is 1.90 bits per heavy atom. The summed E-state index contributed by atoms with van der Waals surface area (Å²) >= 11 is 3.55. The van der Waals surface area contributed by atoms with Gasteiger partial charge >= 0.3 is 0 Å². The summed E-state index contributed by atoms with van der Waals surface area (Å²) in [5, 5.41) is 0. The Bertz CT molecular complexity index is 625. The second-order valence-electron chi connectivity index (χ2n) is 5.47. The first kappa shape index (κ1) is 16.1. The maximum atomic E-state index is 6.03. The van der Waals surface area contributed by atoms with Gasteiger partial charge in [-0.1, -0.05) is 29.8 Å². The Labute approximate surface area is 135 Å². The van der Waals surface area contributed by atoms with Crippen LogP contribution in [0.4, 0.5) is 0 Å². The maximum Gasteiger partial charge on any atom is 0.133 e. The van der Waals surface area contributed by atoms with Crippen molar-refractivity contribution in [3.8, 4) is 5.75 Å². The van der Waals surface area contributed by atoms with E-state index in [9.17, 15) is 0 Å². The second-order valence-corrected chi connectivity index (χ2v) is 6.32. The number of methoxy groups -OCH3 is 1. The first-order valence-electron chi connectivity index (χ1n) is 7.14. The third-order valence-electron chi connectivity index (χ3n) is 3.86. The zero-order valence-corrected chi connectivity index (χ0v) is 14.4. The third kappa shape index (κ3) is 3.86. The lowest BCUT2D eigenvalue weighted by molar-refractivity contribution is 0.412. The summed E-state index contributed by atoms with van der Waals surface area (Å²) in [4.78, 5) is 0. The standard InChI is InChI=1S/C18H22BrNO/c1-12-4-5-13(2)16(8-12)15(11-20)9-14-6-7-18(21-3)17(19)10-14/h4-8,10,15H,9,11,20H2,1-3H3. The fourth-order valence-corrected chi connectivity index (χ4v) is 3.23. The number of halogens is 1. The fraction of sp³-hybridized carbons (Fsp3) is 0.333. The van der Waals surface area contributed by atoms with E-state index < -0.39 is 0 Å². The van der Waals surface area contributed by atoms with Crippen LogP contribution < -0.4 is 10.5 Å². The van der Waals surface area contributed by atoms with Crippen LogP contribution in [0.1, 0.15) is 28.2 Å². The van der Waals surface area contributed by atoms with E-state index >= 15 is 0 Å². The van der Waals surface area contributed by atoms with Crippen LogP contribution in [0, 0.1) is 13.8 Å². The zero-order valence-electron chi connectivity index (χ0n) is 12.8. The molecule has 0 aromatic heterocycles. The molecule has 0 spiro atoms. The predicted octanol–water partition coefficient (Wildman–Crippen LogP) is 4.36. The van der Waals surface area contributed by atoms with Gasteiger partial charge in [-0.15, -0.1) is 0 Å². The second kappa shape index (κ2) is 7.10. The van der Waals surface area contributed by atoms with Crippen molar-refractivity contribution in [2.45, 2.75) is 26.2 Å². The first-order chi connectivity index (χ1) is 10.0. The molecule has 0 saturated heterocycles. The van der Waals surface area contributed by atoms with Crippen molar-refractivity contribution in [3.05, 3.63) is 63.1 Å². The molecule has 0 fully saturated rings. The van der Waals surface area contributed by atoms with Crippen LogP contribution in [-0.4, -0.2) is 13.7 Å². The Hall–Kier alpha value is -1.32. The van der Waals surface area contributed by atoms with Gasteiger partial charge in [0.05, 0.1) is 11.6 Å². The highest BCUT2D eigenvalue weighted by molar-refractivity contribution is 9.10. The number of benzene rings is 2. The van der Waals surface area contributed by atoms with Gasteiger partial charge in [0.25, 0.3) is 0 Å². The molecule has 0 bridgehead atoms. The summed E-state index contributed by atoms with van der Waals surface area (Å²) < 4.78 is 6.26.